The lowest BCUT2D eigenvalue weighted by atomic mass is 9.91. The fourth-order valence-electron chi connectivity index (χ4n) is 3.28. The average Bonchev–Trinajstić information content (AvgIpc) is 2.97. The van der Waals surface area contributed by atoms with Gasteiger partial charge in [0.15, 0.2) is 0 Å². The van der Waals surface area contributed by atoms with Gasteiger partial charge in [0.25, 0.3) is 0 Å². The molecule has 1 saturated heterocycles. The van der Waals surface area contributed by atoms with Crippen molar-refractivity contribution in [1.29, 1.82) is 0 Å². The van der Waals surface area contributed by atoms with Gasteiger partial charge in [-0.05, 0) is 37.8 Å². The van der Waals surface area contributed by atoms with Gasteiger partial charge in [0.05, 0.1) is 19.8 Å². The predicted molar refractivity (Wildman–Crippen MR) is 89.4 cm³/mol. The van der Waals surface area contributed by atoms with E-state index in [1.165, 1.54) is 0 Å². The number of furan rings is 1. The number of amides is 1. The van der Waals surface area contributed by atoms with Crippen molar-refractivity contribution in [1.82, 2.24) is 4.90 Å². The highest BCUT2D eigenvalue weighted by atomic mass is 16.5. The number of nitrogens with zero attached hydrogens (tertiary/aromatic N) is 1. The molecule has 5 nitrogen and oxygen atoms in total. The summed E-state index contributed by atoms with van der Waals surface area (Å²) in [6, 6.07) is 5.89. The molecule has 1 aromatic carbocycles. The summed E-state index contributed by atoms with van der Waals surface area (Å²) in [5.74, 6) is 1.44. The number of piperidine rings is 1. The van der Waals surface area contributed by atoms with Crippen LogP contribution < -0.4 is 10.5 Å². The Balaban J connectivity index is 1.67. The van der Waals surface area contributed by atoms with E-state index in [0.29, 0.717) is 12.3 Å². The normalized spacial score (nSPS) is 17.4. The molecule has 1 fully saturated rings. The second-order valence-electron chi connectivity index (χ2n) is 6.38. The molecule has 0 radical (unpaired) electrons. The van der Waals surface area contributed by atoms with Crippen molar-refractivity contribution in [2.24, 2.45) is 11.7 Å². The van der Waals surface area contributed by atoms with Crippen LogP contribution in [0.1, 0.15) is 25.3 Å². The van der Waals surface area contributed by atoms with Crippen LogP contribution in [0.4, 0.5) is 0 Å². The zero-order chi connectivity index (χ0) is 16.4. The van der Waals surface area contributed by atoms with Crippen molar-refractivity contribution in [3.8, 4) is 5.75 Å². The monoisotopic (exact) mass is 316 g/mol. The Kier molecular flexibility index (Phi) is 4.57. The van der Waals surface area contributed by atoms with Crippen LogP contribution in [0.3, 0.4) is 0 Å². The van der Waals surface area contributed by atoms with E-state index in [9.17, 15) is 4.79 Å². The van der Waals surface area contributed by atoms with Crippen molar-refractivity contribution >= 4 is 16.9 Å². The Morgan fingerprint density at radius 1 is 1.43 bits per heavy atom. The minimum Gasteiger partial charge on any atom is -0.497 e. The molecule has 0 aliphatic carbocycles. The summed E-state index contributed by atoms with van der Waals surface area (Å²) in [6.07, 6.45) is 4.04. The summed E-state index contributed by atoms with van der Waals surface area (Å²) in [4.78, 5) is 14.5. The number of methoxy groups -OCH3 is 1. The maximum Gasteiger partial charge on any atom is 0.227 e. The van der Waals surface area contributed by atoms with Gasteiger partial charge < -0.3 is 19.8 Å². The third kappa shape index (κ3) is 3.34. The van der Waals surface area contributed by atoms with Crippen molar-refractivity contribution in [3.05, 3.63) is 30.0 Å². The first-order valence-electron chi connectivity index (χ1n) is 8.16. The number of rotatable bonds is 4. The van der Waals surface area contributed by atoms with Crippen LogP contribution >= 0.6 is 0 Å². The van der Waals surface area contributed by atoms with Gasteiger partial charge in [-0.3, -0.25) is 4.79 Å². The first-order chi connectivity index (χ1) is 11.1. The topological polar surface area (TPSA) is 68.7 Å². The van der Waals surface area contributed by atoms with E-state index >= 15 is 0 Å². The van der Waals surface area contributed by atoms with Crippen LogP contribution in [-0.4, -0.2) is 37.0 Å². The molecule has 0 saturated carbocycles. The number of likely N-dealkylation sites (tertiary alicyclic amines) is 1. The lowest BCUT2D eigenvalue weighted by Gasteiger charge is -2.33. The molecule has 0 bridgehead atoms. The maximum atomic E-state index is 12.5. The molecule has 1 aliphatic heterocycles. The maximum absolute atomic E-state index is 12.5. The molecule has 124 valence electrons. The van der Waals surface area contributed by atoms with E-state index < -0.39 is 0 Å². The zero-order valence-corrected chi connectivity index (χ0v) is 13.7. The van der Waals surface area contributed by atoms with E-state index in [-0.39, 0.29) is 11.9 Å². The molecule has 3 rings (SSSR count). The second kappa shape index (κ2) is 6.62. The van der Waals surface area contributed by atoms with E-state index in [1.807, 2.05) is 30.0 Å². The van der Waals surface area contributed by atoms with E-state index in [1.54, 1.807) is 13.4 Å². The molecule has 1 aliphatic rings. The van der Waals surface area contributed by atoms with Gasteiger partial charge >= 0.3 is 0 Å². The Labute approximate surface area is 136 Å². The lowest BCUT2D eigenvalue weighted by Crippen LogP contribution is -2.43. The van der Waals surface area contributed by atoms with Gasteiger partial charge in [0, 0.05) is 36.1 Å². The molecule has 2 aromatic rings. The predicted octanol–water partition coefficient (Wildman–Crippen LogP) is 2.57. The highest BCUT2D eigenvalue weighted by Gasteiger charge is 2.25. The second-order valence-corrected chi connectivity index (χ2v) is 6.38. The minimum atomic E-state index is 0.159. The molecule has 1 amide bonds. The van der Waals surface area contributed by atoms with Gasteiger partial charge in [-0.1, -0.05) is 0 Å². The number of nitrogens with two attached hydrogens (primary N) is 1. The van der Waals surface area contributed by atoms with Crippen molar-refractivity contribution in [2.45, 2.75) is 32.2 Å². The smallest absolute Gasteiger partial charge is 0.227 e. The Morgan fingerprint density at radius 2 is 2.17 bits per heavy atom. The fraction of sp³-hybridized carbons (Fsp3) is 0.500. The quantitative estimate of drug-likeness (QED) is 0.941. The molecular weight excluding hydrogens is 292 g/mol. The number of hydrogen-bond donors (Lipinski definition) is 1. The summed E-state index contributed by atoms with van der Waals surface area (Å²) in [7, 11) is 1.63. The molecule has 23 heavy (non-hydrogen) atoms. The first-order valence-corrected chi connectivity index (χ1v) is 8.16. The lowest BCUT2D eigenvalue weighted by molar-refractivity contribution is -0.131. The molecule has 2 heterocycles. The number of benzene rings is 1. The zero-order valence-electron chi connectivity index (χ0n) is 13.7. The van der Waals surface area contributed by atoms with E-state index in [2.05, 4.69) is 0 Å². The van der Waals surface area contributed by atoms with Crippen LogP contribution in [-0.2, 0) is 11.2 Å². The molecule has 1 unspecified atom stereocenters. The Morgan fingerprint density at radius 3 is 2.83 bits per heavy atom. The van der Waals surface area contributed by atoms with E-state index in [4.69, 9.17) is 14.9 Å². The molecule has 1 atom stereocenters. The number of carbonyl (C=O) groups is 1. The van der Waals surface area contributed by atoms with Gasteiger partial charge in [-0.15, -0.1) is 0 Å². The summed E-state index contributed by atoms with van der Waals surface area (Å²) in [5, 5.41) is 0.976. The largest absolute Gasteiger partial charge is 0.497 e. The molecule has 1 aromatic heterocycles. The third-order valence-corrected chi connectivity index (χ3v) is 4.84. The summed E-state index contributed by atoms with van der Waals surface area (Å²) in [5.41, 5.74) is 7.64. The standard InChI is InChI=1S/C18H24N2O3/c1-12(19)13-5-7-20(8-6-13)18(21)9-14-11-23-17-10-15(22-2)3-4-16(14)17/h3-4,10-13H,5-9,19H2,1-2H3. The summed E-state index contributed by atoms with van der Waals surface area (Å²) in [6.45, 7) is 3.65. The SMILES string of the molecule is COc1ccc2c(CC(=O)N3CCC(C(C)N)CC3)coc2c1. The number of carbonyl (C=O) groups excluding carboxylic acids is 1. The Hall–Kier alpha value is -2.01. The fourth-order valence-corrected chi connectivity index (χ4v) is 3.28. The first kappa shape index (κ1) is 15.9. The minimum absolute atomic E-state index is 0.159. The van der Waals surface area contributed by atoms with Crippen LogP contribution in [0, 0.1) is 5.92 Å². The Bertz CT molecular complexity index is 685. The van der Waals surface area contributed by atoms with Crippen molar-refractivity contribution < 1.29 is 13.9 Å². The van der Waals surface area contributed by atoms with Gasteiger partial charge in [-0.25, -0.2) is 0 Å². The van der Waals surface area contributed by atoms with Crippen LogP contribution in [0.25, 0.3) is 11.0 Å². The number of fused-ring (bicyclic) bond motifs is 1. The molecule has 0 spiro atoms. The van der Waals surface area contributed by atoms with Gasteiger partial charge in [0.1, 0.15) is 11.3 Å². The molecule has 2 N–H and O–H groups in total. The number of hydrogen-bond acceptors (Lipinski definition) is 4. The third-order valence-electron chi connectivity index (χ3n) is 4.84. The van der Waals surface area contributed by atoms with Crippen LogP contribution in [0.2, 0.25) is 0 Å². The van der Waals surface area contributed by atoms with E-state index in [0.717, 1.165) is 48.2 Å². The average molecular weight is 316 g/mol. The van der Waals surface area contributed by atoms with Crippen LogP contribution in [0.15, 0.2) is 28.9 Å². The highest BCUT2D eigenvalue weighted by Crippen LogP contribution is 2.27. The summed E-state index contributed by atoms with van der Waals surface area (Å²) >= 11 is 0. The van der Waals surface area contributed by atoms with Gasteiger partial charge in [-0.2, -0.15) is 0 Å². The molecule has 5 heteroatoms. The summed E-state index contributed by atoms with van der Waals surface area (Å²) < 4.78 is 10.8. The van der Waals surface area contributed by atoms with Crippen LogP contribution in [0.5, 0.6) is 5.75 Å². The van der Waals surface area contributed by atoms with Gasteiger partial charge in [0.2, 0.25) is 5.91 Å². The molecular formula is C18H24N2O3. The number of ether oxygens (including phenoxy) is 1. The van der Waals surface area contributed by atoms with Crippen molar-refractivity contribution in [3.63, 3.8) is 0 Å². The van der Waals surface area contributed by atoms with Crippen molar-refractivity contribution in [2.75, 3.05) is 20.2 Å². The highest BCUT2D eigenvalue weighted by molar-refractivity contribution is 5.88.